The van der Waals surface area contributed by atoms with Crippen LogP contribution in [0.3, 0.4) is 0 Å². The molecular formula is C24H32FN4O7PS. The van der Waals surface area contributed by atoms with Crippen LogP contribution in [0.25, 0.3) is 0 Å². The summed E-state index contributed by atoms with van der Waals surface area (Å²) < 4.78 is 47.1. The zero-order chi connectivity index (χ0) is 27.9. The van der Waals surface area contributed by atoms with Gasteiger partial charge in [-0.25, -0.2) is 13.8 Å². The number of carbonyl (C=O) groups excluding carboxylic acids is 1. The quantitative estimate of drug-likeness (QED) is 0.270. The summed E-state index contributed by atoms with van der Waals surface area (Å²) in [7, 11) is -4.27. The van der Waals surface area contributed by atoms with E-state index >= 15 is 4.39 Å². The van der Waals surface area contributed by atoms with Crippen molar-refractivity contribution in [3.05, 3.63) is 53.1 Å². The number of nitrogens with two attached hydrogens (primary N) is 1. The molecule has 2 heterocycles. The van der Waals surface area contributed by atoms with E-state index in [1.165, 1.54) is 30.9 Å². The number of aliphatic hydroxyl groups is 1. The van der Waals surface area contributed by atoms with Gasteiger partial charge in [-0.2, -0.15) is 10.1 Å². The van der Waals surface area contributed by atoms with Crippen molar-refractivity contribution in [3.8, 4) is 5.75 Å². The Morgan fingerprint density at radius 3 is 2.61 bits per heavy atom. The van der Waals surface area contributed by atoms with E-state index in [0.717, 1.165) is 4.57 Å². The number of para-hydroxylation sites is 1. The van der Waals surface area contributed by atoms with Gasteiger partial charge >= 0.3 is 19.4 Å². The van der Waals surface area contributed by atoms with Gasteiger partial charge in [0.05, 0.1) is 12.7 Å². The van der Waals surface area contributed by atoms with Crippen LogP contribution in [0.4, 0.5) is 10.2 Å². The number of nitrogen functional groups attached to an aromatic ring is 1. The lowest BCUT2D eigenvalue weighted by atomic mass is 9.96. The predicted octanol–water partition coefficient (Wildman–Crippen LogP) is 2.91. The van der Waals surface area contributed by atoms with Crippen LogP contribution in [-0.2, 0) is 18.6 Å². The van der Waals surface area contributed by atoms with Crippen molar-refractivity contribution in [3.63, 3.8) is 0 Å². The molecule has 1 aliphatic heterocycles. The molecular weight excluding hydrogens is 538 g/mol. The van der Waals surface area contributed by atoms with Gasteiger partial charge in [0.2, 0.25) is 0 Å². The largest absolute Gasteiger partial charge is 0.462 e. The zero-order valence-electron chi connectivity index (χ0n) is 21.4. The zero-order valence-corrected chi connectivity index (χ0v) is 23.2. The molecule has 11 nitrogen and oxygen atoms in total. The maximum atomic E-state index is 16.2. The van der Waals surface area contributed by atoms with Crippen molar-refractivity contribution in [2.45, 2.75) is 56.1 Å². The average molecular weight is 571 g/mol. The van der Waals surface area contributed by atoms with Gasteiger partial charge in [0.15, 0.2) is 0 Å². The third-order valence-electron chi connectivity index (χ3n) is 7.04. The lowest BCUT2D eigenvalue weighted by Crippen LogP contribution is -2.38. The summed E-state index contributed by atoms with van der Waals surface area (Å²) in [4.78, 5) is 28.5. The average Bonchev–Trinajstić information content (AvgIpc) is 3.29. The second-order valence-electron chi connectivity index (χ2n) is 9.85. The lowest BCUT2D eigenvalue weighted by Gasteiger charge is -2.28. The van der Waals surface area contributed by atoms with Gasteiger partial charge in [-0.1, -0.05) is 18.2 Å². The summed E-state index contributed by atoms with van der Waals surface area (Å²) in [6, 6.07) is 8.53. The monoisotopic (exact) mass is 570 g/mol. The molecule has 38 heavy (non-hydrogen) atoms. The molecule has 0 bridgehead atoms. The second kappa shape index (κ2) is 10.6. The number of aliphatic hydroxyl groups excluding tert-OH is 1. The number of halogens is 1. The molecule has 2 aliphatic rings. The van der Waals surface area contributed by atoms with E-state index in [-0.39, 0.29) is 18.2 Å². The molecule has 0 amide bonds. The summed E-state index contributed by atoms with van der Waals surface area (Å²) in [6.07, 6.45) is -0.700. The number of alkyl halides is 1. The SMILES string of the molecule is CC(C)OC(=O)[C@H](C)NP(=O)(OCC12C(F)[C@@H](n3ccc(N)nc3=O)SC1(C)[C@@H]2CO)Oc1ccccc1. The maximum absolute atomic E-state index is 16.2. The van der Waals surface area contributed by atoms with Crippen molar-refractivity contribution in [2.75, 3.05) is 18.9 Å². The molecule has 2 fully saturated rings. The van der Waals surface area contributed by atoms with E-state index in [4.69, 9.17) is 19.5 Å². The Balaban J connectivity index is 1.60. The van der Waals surface area contributed by atoms with Crippen molar-refractivity contribution < 1.29 is 32.6 Å². The maximum Gasteiger partial charge on any atom is 0.459 e. The fourth-order valence-corrected chi connectivity index (χ4v) is 8.62. The van der Waals surface area contributed by atoms with Crippen molar-refractivity contribution in [2.24, 2.45) is 11.3 Å². The minimum atomic E-state index is -4.27. The molecule has 208 valence electrons. The van der Waals surface area contributed by atoms with E-state index in [1.807, 2.05) is 0 Å². The highest BCUT2D eigenvalue weighted by Gasteiger charge is 2.84. The van der Waals surface area contributed by atoms with Crippen LogP contribution in [0.5, 0.6) is 5.75 Å². The summed E-state index contributed by atoms with van der Waals surface area (Å²) in [5.41, 5.74) is 3.58. The number of esters is 1. The molecule has 1 aliphatic carbocycles. The Morgan fingerprint density at radius 2 is 2.00 bits per heavy atom. The van der Waals surface area contributed by atoms with Crippen LogP contribution >= 0.6 is 19.5 Å². The van der Waals surface area contributed by atoms with Gasteiger partial charge in [-0.15, -0.1) is 11.8 Å². The standard InChI is InChI=1S/C24H32FN4O7PS/c1-14(2)35-21(31)15(3)28-37(33,36-16-8-6-5-7-9-16)34-13-24-17(12-30)23(24,4)38-20(19(24)25)29-11-10-18(26)27-22(29)32/h5-11,14-15,17,19-20,30H,12-13H2,1-4H3,(H,28,33)(H2,26,27,32)/t15-,17-,19?,20-,23?,24?,37?/m0/s1. The number of fused-ring (bicyclic) bond motifs is 1. The first kappa shape index (κ1) is 28.6. The first-order chi connectivity index (χ1) is 17.9. The molecule has 4 rings (SSSR count). The molecule has 0 radical (unpaired) electrons. The van der Waals surface area contributed by atoms with E-state index in [0.29, 0.717) is 0 Å². The lowest BCUT2D eigenvalue weighted by molar-refractivity contribution is -0.149. The van der Waals surface area contributed by atoms with Gasteiger partial charge < -0.3 is 20.1 Å². The first-order valence-electron chi connectivity index (χ1n) is 12.1. The van der Waals surface area contributed by atoms with Crippen LogP contribution in [-0.4, -0.2) is 56.9 Å². The van der Waals surface area contributed by atoms with Crippen LogP contribution in [0.15, 0.2) is 47.4 Å². The highest BCUT2D eigenvalue weighted by Crippen LogP contribution is 2.80. The smallest absolute Gasteiger partial charge is 0.459 e. The number of hydrogen-bond acceptors (Lipinski definition) is 10. The molecule has 4 N–H and O–H groups in total. The third-order valence-corrected chi connectivity index (χ3v) is 10.5. The van der Waals surface area contributed by atoms with Crippen molar-refractivity contribution >= 4 is 31.3 Å². The molecule has 2 aromatic rings. The number of ether oxygens (including phenoxy) is 1. The molecule has 1 aromatic heterocycles. The molecule has 1 aromatic carbocycles. The number of thioether (sulfide) groups is 1. The van der Waals surface area contributed by atoms with Gasteiger partial charge in [0.1, 0.15) is 29.2 Å². The molecule has 1 saturated carbocycles. The summed E-state index contributed by atoms with van der Waals surface area (Å²) in [5, 5.41) is 11.7. The fraction of sp³-hybridized carbons (Fsp3) is 0.542. The third kappa shape index (κ3) is 5.10. The minimum Gasteiger partial charge on any atom is -0.462 e. The molecule has 0 spiro atoms. The topological polar surface area (TPSA) is 155 Å². The van der Waals surface area contributed by atoms with Crippen molar-refractivity contribution in [1.29, 1.82) is 0 Å². The predicted molar refractivity (Wildman–Crippen MR) is 140 cm³/mol. The van der Waals surface area contributed by atoms with E-state index < -0.39 is 65.8 Å². The van der Waals surface area contributed by atoms with Gasteiger partial charge in [-0.05, 0) is 45.9 Å². The van der Waals surface area contributed by atoms with Gasteiger partial charge in [0.25, 0.3) is 0 Å². The number of nitrogens with one attached hydrogen (secondary N) is 1. The highest BCUT2D eigenvalue weighted by atomic mass is 32.2. The van der Waals surface area contributed by atoms with Gasteiger partial charge in [-0.3, -0.25) is 13.9 Å². The first-order valence-corrected chi connectivity index (χ1v) is 14.5. The fourth-order valence-electron chi connectivity index (χ4n) is 5.02. The Bertz CT molecular complexity index is 1280. The van der Waals surface area contributed by atoms with Gasteiger partial charge in [0, 0.05) is 28.9 Å². The number of benzene rings is 1. The van der Waals surface area contributed by atoms with Crippen LogP contribution in [0, 0.1) is 11.3 Å². The molecule has 14 heteroatoms. The number of carbonyl (C=O) groups is 1. The summed E-state index contributed by atoms with van der Waals surface area (Å²) in [5.74, 6) is -0.990. The van der Waals surface area contributed by atoms with E-state index in [1.54, 1.807) is 51.1 Å². The Morgan fingerprint density at radius 1 is 1.32 bits per heavy atom. The van der Waals surface area contributed by atoms with Crippen LogP contribution in [0.1, 0.15) is 33.1 Å². The number of anilines is 1. The number of hydrogen-bond donors (Lipinski definition) is 3. The number of rotatable bonds is 11. The number of nitrogens with zero attached hydrogens (tertiary/aromatic N) is 2. The molecule has 4 unspecified atom stereocenters. The summed E-state index contributed by atoms with van der Waals surface area (Å²) in [6.45, 7) is 5.82. The Hall–Kier alpha value is -2.44. The normalized spacial score (nSPS) is 30.3. The summed E-state index contributed by atoms with van der Waals surface area (Å²) >= 11 is 1.18. The second-order valence-corrected chi connectivity index (χ2v) is 13.1. The minimum absolute atomic E-state index is 0.0162. The molecule has 1 saturated heterocycles. The van der Waals surface area contributed by atoms with E-state index in [9.17, 15) is 19.3 Å². The molecule has 7 atom stereocenters. The Labute approximate surface area is 223 Å². The Kier molecular flexibility index (Phi) is 7.98. The van der Waals surface area contributed by atoms with E-state index in [2.05, 4.69) is 10.1 Å². The number of aromatic nitrogens is 2. The van der Waals surface area contributed by atoms with Crippen LogP contribution in [0.2, 0.25) is 0 Å². The van der Waals surface area contributed by atoms with Crippen LogP contribution < -0.4 is 21.0 Å². The highest BCUT2D eigenvalue weighted by molar-refractivity contribution is 8.01. The van der Waals surface area contributed by atoms with Crippen molar-refractivity contribution in [1.82, 2.24) is 14.6 Å².